The quantitative estimate of drug-likeness (QED) is 0.475. The maximum Gasteiger partial charge on any atom is 0.100 e. The number of unbranched alkanes of at least 4 members (excludes halogenated alkanes) is 8. The first-order valence-electron chi connectivity index (χ1n) is 8.11. The molecule has 0 bridgehead atoms. The maximum absolute atomic E-state index is 9.16. The highest BCUT2D eigenvalue weighted by Gasteiger charge is 2.06. The van der Waals surface area contributed by atoms with Crippen LogP contribution in [0.1, 0.15) is 78.1 Å². The van der Waals surface area contributed by atoms with Crippen LogP contribution in [0.25, 0.3) is 0 Å². The first kappa shape index (κ1) is 18.9. The van der Waals surface area contributed by atoms with Gasteiger partial charge in [0, 0.05) is 0 Å². The molecule has 0 aromatic heterocycles. The second-order valence-electron chi connectivity index (χ2n) is 5.60. The molecule has 0 fully saturated rings. The monoisotopic (exact) mass is 274 g/mol. The molecule has 0 amide bonds. The third-order valence-corrected chi connectivity index (χ3v) is 3.50. The van der Waals surface area contributed by atoms with Crippen molar-refractivity contribution >= 4 is 0 Å². The van der Waals surface area contributed by atoms with Crippen molar-refractivity contribution in [2.24, 2.45) is 0 Å². The van der Waals surface area contributed by atoms with Crippen molar-refractivity contribution in [1.82, 2.24) is 0 Å². The molecule has 2 N–H and O–H groups in total. The SMILES string of the molecule is CCCCCCCCCCCC(C)OCC(O)CO. The van der Waals surface area contributed by atoms with Crippen LogP contribution >= 0.6 is 0 Å². The van der Waals surface area contributed by atoms with Gasteiger partial charge in [-0.3, -0.25) is 0 Å². The molecule has 0 aliphatic carbocycles. The maximum atomic E-state index is 9.16. The van der Waals surface area contributed by atoms with Gasteiger partial charge in [0.1, 0.15) is 6.10 Å². The number of ether oxygens (including phenoxy) is 1. The van der Waals surface area contributed by atoms with E-state index in [1.165, 1.54) is 57.8 Å². The fraction of sp³-hybridized carbons (Fsp3) is 1.00. The van der Waals surface area contributed by atoms with Crippen LogP contribution in [0.3, 0.4) is 0 Å². The van der Waals surface area contributed by atoms with E-state index >= 15 is 0 Å². The van der Waals surface area contributed by atoms with Gasteiger partial charge >= 0.3 is 0 Å². The Morgan fingerprint density at radius 2 is 1.42 bits per heavy atom. The van der Waals surface area contributed by atoms with E-state index in [2.05, 4.69) is 6.92 Å². The smallest absolute Gasteiger partial charge is 0.100 e. The molecule has 116 valence electrons. The zero-order valence-electron chi connectivity index (χ0n) is 12.9. The summed E-state index contributed by atoms with van der Waals surface area (Å²) in [6, 6.07) is 0. The molecule has 2 unspecified atom stereocenters. The largest absolute Gasteiger partial charge is 0.394 e. The van der Waals surface area contributed by atoms with E-state index in [1.54, 1.807) is 0 Å². The van der Waals surface area contributed by atoms with Gasteiger partial charge in [-0.2, -0.15) is 0 Å². The van der Waals surface area contributed by atoms with Gasteiger partial charge in [-0.25, -0.2) is 0 Å². The van der Waals surface area contributed by atoms with E-state index in [0.29, 0.717) is 0 Å². The Bertz CT molecular complexity index is 173. The molecule has 0 aromatic carbocycles. The molecule has 19 heavy (non-hydrogen) atoms. The van der Waals surface area contributed by atoms with Crippen LogP contribution in [0.2, 0.25) is 0 Å². The Morgan fingerprint density at radius 3 is 1.95 bits per heavy atom. The third kappa shape index (κ3) is 14.1. The first-order valence-corrected chi connectivity index (χ1v) is 8.11. The number of hydrogen-bond acceptors (Lipinski definition) is 3. The number of rotatable bonds is 14. The number of aliphatic hydroxyl groups is 2. The molecule has 0 aliphatic rings. The zero-order valence-corrected chi connectivity index (χ0v) is 12.9. The van der Waals surface area contributed by atoms with Gasteiger partial charge in [-0.1, -0.05) is 64.7 Å². The molecule has 0 saturated heterocycles. The zero-order chi connectivity index (χ0) is 14.3. The molecular formula is C16H34O3. The lowest BCUT2D eigenvalue weighted by atomic mass is 10.1. The minimum absolute atomic E-state index is 0.186. The van der Waals surface area contributed by atoms with Crippen LogP contribution in [-0.4, -0.2) is 35.6 Å². The van der Waals surface area contributed by atoms with Crippen LogP contribution in [-0.2, 0) is 4.74 Å². The molecule has 3 nitrogen and oxygen atoms in total. The van der Waals surface area contributed by atoms with Crippen molar-refractivity contribution in [3.8, 4) is 0 Å². The Balaban J connectivity index is 3.16. The van der Waals surface area contributed by atoms with Crippen LogP contribution in [0.4, 0.5) is 0 Å². The van der Waals surface area contributed by atoms with E-state index in [0.717, 1.165) is 6.42 Å². The van der Waals surface area contributed by atoms with Crippen LogP contribution in [0.15, 0.2) is 0 Å². The fourth-order valence-corrected chi connectivity index (χ4v) is 2.15. The Hall–Kier alpha value is -0.120. The summed E-state index contributed by atoms with van der Waals surface area (Å²) < 4.78 is 5.46. The van der Waals surface area contributed by atoms with E-state index in [4.69, 9.17) is 14.9 Å². The van der Waals surface area contributed by atoms with Gasteiger partial charge in [-0.15, -0.1) is 0 Å². The van der Waals surface area contributed by atoms with Gasteiger partial charge in [-0.05, 0) is 13.3 Å². The average Bonchev–Trinajstić information content (AvgIpc) is 2.42. The Morgan fingerprint density at radius 1 is 0.895 bits per heavy atom. The van der Waals surface area contributed by atoms with Crippen LogP contribution < -0.4 is 0 Å². The lowest BCUT2D eigenvalue weighted by Crippen LogP contribution is -2.22. The lowest BCUT2D eigenvalue weighted by molar-refractivity contribution is -0.0254. The van der Waals surface area contributed by atoms with Crippen molar-refractivity contribution < 1.29 is 14.9 Å². The second kappa shape index (κ2) is 14.3. The van der Waals surface area contributed by atoms with Crippen molar-refractivity contribution in [2.45, 2.75) is 90.3 Å². The van der Waals surface area contributed by atoms with Gasteiger partial charge in [0.25, 0.3) is 0 Å². The Kier molecular flexibility index (Phi) is 14.2. The molecule has 3 heteroatoms. The van der Waals surface area contributed by atoms with E-state index in [9.17, 15) is 0 Å². The van der Waals surface area contributed by atoms with Crippen LogP contribution in [0.5, 0.6) is 0 Å². The number of hydrogen-bond donors (Lipinski definition) is 2. The highest BCUT2D eigenvalue weighted by molar-refractivity contribution is 4.56. The number of aliphatic hydroxyl groups excluding tert-OH is 2. The van der Waals surface area contributed by atoms with Crippen molar-refractivity contribution in [3.05, 3.63) is 0 Å². The van der Waals surface area contributed by atoms with Gasteiger partial charge in [0.05, 0.1) is 19.3 Å². The van der Waals surface area contributed by atoms with Gasteiger partial charge in [0.15, 0.2) is 0 Å². The van der Waals surface area contributed by atoms with E-state index in [1.807, 2.05) is 6.92 Å². The second-order valence-corrected chi connectivity index (χ2v) is 5.60. The third-order valence-electron chi connectivity index (χ3n) is 3.50. The van der Waals surface area contributed by atoms with Crippen LogP contribution in [0, 0.1) is 0 Å². The van der Waals surface area contributed by atoms with Gasteiger partial charge in [0.2, 0.25) is 0 Å². The predicted octanol–water partition coefficient (Wildman–Crippen LogP) is 3.67. The van der Waals surface area contributed by atoms with E-state index in [-0.39, 0.29) is 19.3 Å². The van der Waals surface area contributed by atoms with Crippen molar-refractivity contribution in [1.29, 1.82) is 0 Å². The topological polar surface area (TPSA) is 49.7 Å². The summed E-state index contributed by atoms with van der Waals surface area (Å²) in [5.41, 5.74) is 0. The predicted molar refractivity (Wildman–Crippen MR) is 80.4 cm³/mol. The summed E-state index contributed by atoms with van der Waals surface area (Å²) >= 11 is 0. The summed E-state index contributed by atoms with van der Waals surface area (Å²) in [7, 11) is 0. The highest BCUT2D eigenvalue weighted by Crippen LogP contribution is 2.12. The summed E-state index contributed by atoms with van der Waals surface area (Å²) in [5, 5.41) is 17.8. The molecule has 0 radical (unpaired) electrons. The molecule has 0 heterocycles. The average molecular weight is 274 g/mol. The summed E-state index contributed by atoms with van der Waals surface area (Å²) in [6.07, 6.45) is 12.6. The van der Waals surface area contributed by atoms with Gasteiger partial charge < -0.3 is 14.9 Å². The van der Waals surface area contributed by atoms with Crippen molar-refractivity contribution in [2.75, 3.05) is 13.2 Å². The molecule has 2 atom stereocenters. The summed E-state index contributed by atoms with van der Waals surface area (Å²) in [4.78, 5) is 0. The standard InChI is InChI=1S/C16H34O3/c1-3-4-5-6-7-8-9-10-11-12-15(2)19-14-16(18)13-17/h15-18H,3-14H2,1-2H3. The lowest BCUT2D eigenvalue weighted by Gasteiger charge is -2.15. The molecule has 0 spiro atoms. The highest BCUT2D eigenvalue weighted by atomic mass is 16.5. The fourth-order valence-electron chi connectivity index (χ4n) is 2.15. The summed E-state index contributed by atoms with van der Waals surface area (Å²) in [6.45, 7) is 4.32. The normalized spacial score (nSPS) is 14.5. The molecule has 0 rings (SSSR count). The van der Waals surface area contributed by atoms with Crippen molar-refractivity contribution in [3.63, 3.8) is 0 Å². The Labute approximate surface area is 119 Å². The molecular weight excluding hydrogens is 240 g/mol. The minimum atomic E-state index is -0.731. The molecule has 0 aliphatic heterocycles. The molecule has 0 aromatic rings. The summed E-state index contributed by atoms with van der Waals surface area (Å²) in [5.74, 6) is 0. The minimum Gasteiger partial charge on any atom is -0.394 e. The first-order chi connectivity index (χ1) is 9.20. The molecule has 0 saturated carbocycles. The van der Waals surface area contributed by atoms with E-state index < -0.39 is 6.10 Å².